The molecule has 2 aliphatic rings. The zero-order valence-corrected chi connectivity index (χ0v) is 9.61. The summed E-state index contributed by atoms with van der Waals surface area (Å²) >= 11 is 0. The number of hydrogen-bond donors (Lipinski definition) is 1. The van der Waals surface area contributed by atoms with Crippen molar-refractivity contribution in [2.24, 2.45) is 5.73 Å². The van der Waals surface area contributed by atoms with E-state index in [1.54, 1.807) is 0 Å². The summed E-state index contributed by atoms with van der Waals surface area (Å²) in [6.07, 6.45) is 3.69. The number of rotatable bonds is 3. The van der Waals surface area contributed by atoms with Crippen molar-refractivity contribution in [1.29, 1.82) is 0 Å². The summed E-state index contributed by atoms with van der Waals surface area (Å²) < 4.78 is 5.85. The van der Waals surface area contributed by atoms with Gasteiger partial charge in [0.15, 0.2) is 0 Å². The highest BCUT2D eigenvalue weighted by Gasteiger charge is 2.34. The van der Waals surface area contributed by atoms with Crippen molar-refractivity contribution in [3.63, 3.8) is 0 Å². The molecule has 2 fully saturated rings. The Labute approximate surface area is 92.3 Å². The molecule has 0 aromatic rings. The molecule has 0 aromatic carbocycles. The van der Waals surface area contributed by atoms with E-state index in [1.165, 1.54) is 19.4 Å². The van der Waals surface area contributed by atoms with E-state index in [2.05, 4.69) is 11.5 Å². The summed E-state index contributed by atoms with van der Waals surface area (Å²) in [7, 11) is 0. The Morgan fingerprint density at radius 3 is 3.20 bits per heavy atom. The fraction of sp³-hybridized carbons (Fsp3) is 0.833. The van der Waals surface area contributed by atoms with Gasteiger partial charge in [0.1, 0.15) is 0 Å². The number of fused-ring (bicyclic) bond motifs is 1. The molecule has 0 aliphatic carbocycles. The molecule has 3 heteroatoms. The molecule has 3 nitrogen and oxygen atoms in total. The molecule has 3 atom stereocenters. The molecule has 2 rings (SSSR count). The molecule has 2 N–H and O–H groups in total. The molecule has 2 heterocycles. The van der Waals surface area contributed by atoms with E-state index in [9.17, 15) is 0 Å². The van der Waals surface area contributed by atoms with Crippen molar-refractivity contribution < 1.29 is 4.74 Å². The summed E-state index contributed by atoms with van der Waals surface area (Å²) in [5.74, 6) is 0. The van der Waals surface area contributed by atoms with Crippen LogP contribution in [-0.4, -0.2) is 42.8 Å². The number of hydrogen-bond acceptors (Lipinski definition) is 3. The third kappa shape index (κ3) is 2.60. The smallest absolute Gasteiger partial charge is 0.0856 e. The van der Waals surface area contributed by atoms with Gasteiger partial charge >= 0.3 is 0 Å². The van der Waals surface area contributed by atoms with Crippen LogP contribution in [0.4, 0.5) is 0 Å². The van der Waals surface area contributed by atoms with Crippen LogP contribution in [0.15, 0.2) is 12.2 Å². The van der Waals surface area contributed by atoms with E-state index < -0.39 is 0 Å². The highest BCUT2D eigenvalue weighted by Crippen LogP contribution is 2.24. The van der Waals surface area contributed by atoms with E-state index in [0.29, 0.717) is 6.04 Å². The predicted octanol–water partition coefficient (Wildman–Crippen LogP) is 1.14. The van der Waals surface area contributed by atoms with Crippen molar-refractivity contribution in [3.05, 3.63) is 12.2 Å². The maximum Gasteiger partial charge on any atom is 0.0856 e. The maximum absolute atomic E-state index is 6.12. The molecule has 0 aromatic heterocycles. The lowest BCUT2D eigenvalue weighted by Gasteiger charge is -2.37. The van der Waals surface area contributed by atoms with Crippen molar-refractivity contribution in [1.82, 2.24) is 4.90 Å². The topological polar surface area (TPSA) is 38.5 Å². The van der Waals surface area contributed by atoms with Gasteiger partial charge in [-0.05, 0) is 32.7 Å². The van der Waals surface area contributed by atoms with Gasteiger partial charge in [0.05, 0.1) is 12.7 Å². The van der Waals surface area contributed by atoms with E-state index >= 15 is 0 Å². The van der Waals surface area contributed by atoms with Crippen LogP contribution in [0.3, 0.4) is 0 Å². The van der Waals surface area contributed by atoms with E-state index in [-0.39, 0.29) is 12.1 Å². The Hall–Kier alpha value is -0.380. The van der Waals surface area contributed by atoms with Crippen LogP contribution < -0.4 is 5.73 Å². The summed E-state index contributed by atoms with van der Waals surface area (Å²) in [5.41, 5.74) is 7.27. The van der Waals surface area contributed by atoms with Crippen LogP contribution in [0.1, 0.15) is 26.2 Å². The van der Waals surface area contributed by atoms with Gasteiger partial charge in [-0.1, -0.05) is 5.57 Å². The minimum atomic E-state index is 0.115. The molecule has 3 unspecified atom stereocenters. The fourth-order valence-corrected chi connectivity index (χ4v) is 2.64. The zero-order chi connectivity index (χ0) is 10.8. The molecular weight excluding hydrogens is 188 g/mol. The van der Waals surface area contributed by atoms with Gasteiger partial charge in [-0.15, -0.1) is 6.58 Å². The Morgan fingerprint density at radius 1 is 1.67 bits per heavy atom. The van der Waals surface area contributed by atoms with Gasteiger partial charge in [-0.25, -0.2) is 0 Å². The molecule has 0 spiro atoms. The van der Waals surface area contributed by atoms with Crippen LogP contribution in [0.25, 0.3) is 0 Å². The largest absolute Gasteiger partial charge is 0.374 e. The second-order valence-corrected chi connectivity index (χ2v) is 4.99. The van der Waals surface area contributed by atoms with Crippen molar-refractivity contribution >= 4 is 0 Å². The third-order valence-corrected chi connectivity index (χ3v) is 3.48. The van der Waals surface area contributed by atoms with E-state index in [0.717, 1.165) is 25.1 Å². The number of ether oxygens (including phenoxy) is 1. The molecule has 15 heavy (non-hydrogen) atoms. The minimum absolute atomic E-state index is 0.115. The number of nitrogens with two attached hydrogens (primary N) is 1. The zero-order valence-electron chi connectivity index (χ0n) is 9.61. The Bertz CT molecular complexity index is 242. The van der Waals surface area contributed by atoms with E-state index in [4.69, 9.17) is 10.5 Å². The highest BCUT2D eigenvalue weighted by atomic mass is 16.5. The first-order valence-corrected chi connectivity index (χ1v) is 5.92. The maximum atomic E-state index is 6.12. The van der Waals surface area contributed by atoms with Crippen LogP contribution in [0, 0.1) is 0 Å². The van der Waals surface area contributed by atoms with Crippen molar-refractivity contribution in [3.8, 4) is 0 Å². The quantitative estimate of drug-likeness (QED) is 0.710. The molecule has 0 amide bonds. The standard InChI is InChI=1S/C12H22N2O/c1-9(2)6-11(13)12-7-14-5-3-4-10(14)8-15-12/h10-12H,1,3-8,13H2,2H3. The van der Waals surface area contributed by atoms with Gasteiger partial charge < -0.3 is 10.5 Å². The lowest BCUT2D eigenvalue weighted by atomic mass is 10.0. The first-order valence-electron chi connectivity index (χ1n) is 5.92. The Balaban J connectivity index is 1.86. The fourth-order valence-electron chi connectivity index (χ4n) is 2.64. The van der Waals surface area contributed by atoms with Gasteiger partial charge in [0.25, 0.3) is 0 Å². The monoisotopic (exact) mass is 210 g/mol. The summed E-state index contributed by atoms with van der Waals surface area (Å²) in [4.78, 5) is 2.53. The molecule has 0 radical (unpaired) electrons. The molecule has 86 valence electrons. The van der Waals surface area contributed by atoms with Crippen LogP contribution >= 0.6 is 0 Å². The Morgan fingerprint density at radius 2 is 2.47 bits per heavy atom. The second-order valence-electron chi connectivity index (χ2n) is 4.99. The van der Waals surface area contributed by atoms with Crippen LogP contribution in [0.2, 0.25) is 0 Å². The van der Waals surface area contributed by atoms with Gasteiger partial charge in [0.2, 0.25) is 0 Å². The van der Waals surface area contributed by atoms with Crippen LogP contribution in [-0.2, 0) is 4.74 Å². The van der Waals surface area contributed by atoms with E-state index in [1.807, 2.05) is 6.92 Å². The minimum Gasteiger partial charge on any atom is -0.374 e. The normalized spacial score (nSPS) is 33.7. The number of nitrogens with zero attached hydrogens (tertiary/aromatic N) is 1. The average molecular weight is 210 g/mol. The summed E-state index contributed by atoms with van der Waals surface area (Å²) in [5, 5.41) is 0. The predicted molar refractivity (Wildman–Crippen MR) is 61.7 cm³/mol. The van der Waals surface area contributed by atoms with Crippen LogP contribution in [0.5, 0.6) is 0 Å². The molecule has 0 saturated carbocycles. The molecular formula is C12H22N2O. The lowest BCUT2D eigenvalue weighted by molar-refractivity contribution is -0.0589. The number of morpholine rings is 1. The van der Waals surface area contributed by atoms with Gasteiger partial charge in [-0.3, -0.25) is 4.90 Å². The third-order valence-electron chi connectivity index (χ3n) is 3.48. The van der Waals surface area contributed by atoms with Gasteiger partial charge in [0, 0.05) is 18.6 Å². The summed E-state index contributed by atoms with van der Waals surface area (Å²) in [6.45, 7) is 9.05. The SMILES string of the molecule is C=C(C)CC(N)C1CN2CCCC2CO1. The van der Waals surface area contributed by atoms with Crippen molar-refractivity contribution in [2.75, 3.05) is 19.7 Å². The molecule has 0 bridgehead atoms. The summed E-state index contributed by atoms with van der Waals surface area (Å²) in [6, 6.07) is 0.780. The first-order chi connectivity index (χ1) is 7.16. The lowest BCUT2D eigenvalue weighted by Crippen LogP contribution is -2.52. The second kappa shape index (κ2) is 4.64. The molecule has 2 aliphatic heterocycles. The molecule has 2 saturated heterocycles. The Kier molecular flexibility index (Phi) is 3.44. The highest BCUT2D eigenvalue weighted by molar-refractivity contribution is 4.97. The average Bonchev–Trinajstić information content (AvgIpc) is 2.62. The van der Waals surface area contributed by atoms with Crippen molar-refractivity contribution in [2.45, 2.75) is 44.4 Å². The van der Waals surface area contributed by atoms with Gasteiger partial charge in [-0.2, -0.15) is 0 Å². The first kappa shape index (κ1) is 11.1.